The third-order valence-electron chi connectivity index (χ3n) is 6.36. The fourth-order valence-electron chi connectivity index (χ4n) is 4.75. The summed E-state index contributed by atoms with van der Waals surface area (Å²) >= 11 is 0. The van der Waals surface area contributed by atoms with E-state index in [-0.39, 0.29) is 5.91 Å². The summed E-state index contributed by atoms with van der Waals surface area (Å²) in [4.78, 5) is 18.7. The number of carbonyl (C=O) groups is 1. The Hall–Kier alpha value is -2.59. The molecule has 1 aromatic heterocycles. The van der Waals surface area contributed by atoms with E-state index in [0.717, 1.165) is 62.9 Å². The molecule has 1 saturated heterocycles. The highest BCUT2D eigenvalue weighted by Gasteiger charge is 2.24. The summed E-state index contributed by atoms with van der Waals surface area (Å²) in [5.41, 5.74) is 6.02. The zero-order valence-corrected chi connectivity index (χ0v) is 16.2. The number of hydrogen-bond acceptors (Lipinski definition) is 2. The molecule has 1 fully saturated rings. The van der Waals surface area contributed by atoms with Gasteiger partial charge in [-0.3, -0.25) is 4.79 Å². The van der Waals surface area contributed by atoms with Crippen LogP contribution in [0, 0.1) is 5.92 Å². The molecule has 3 aromatic rings. The second kappa shape index (κ2) is 7.44. The Morgan fingerprint density at radius 2 is 1.89 bits per heavy atom. The second-order valence-corrected chi connectivity index (χ2v) is 8.19. The number of aromatic nitrogens is 1. The van der Waals surface area contributed by atoms with Gasteiger partial charge in [0.2, 0.25) is 0 Å². The number of hydrogen-bond donors (Lipinski definition) is 2. The van der Waals surface area contributed by atoms with Crippen molar-refractivity contribution in [3.05, 3.63) is 70.9 Å². The van der Waals surface area contributed by atoms with E-state index in [4.69, 9.17) is 0 Å². The lowest BCUT2D eigenvalue weighted by Crippen LogP contribution is -2.38. The van der Waals surface area contributed by atoms with Crippen LogP contribution in [-0.4, -0.2) is 35.4 Å². The quantitative estimate of drug-likeness (QED) is 0.731. The van der Waals surface area contributed by atoms with E-state index >= 15 is 0 Å². The van der Waals surface area contributed by atoms with Crippen molar-refractivity contribution in [1.82, 2.24) is 15.2 Å². The van der Waals surface area contributed by atoms with Gasteiger partial charge in [-0.2, -0.15) is 0 Å². The van der Waals surface area contributed by atoms with Crippen molar-refractivity contribution in [2.45, 2.75) is 32.2 Å². The van der Waals surface area contributed by atoms with E-state index in [1.165, 1.54) is 22.2 Å². The van der Waals surface area contributed by atoms with Crippen LogP contribution in [0.25, 0.3) is 10.9 Å². The number of H-pyrrole nitrogens is 1. The Morgan fingerprint density at radius 3 is 2.71 bits per heavy atom. The third-order valence-corrected chi connectivity index (χ3v) is 6.36. The van der Waals surface area contributed by atoms with E-state index < -0.39 is 0 Å². The minimum absolute atomic E-state index is 0.179. The Bertz CT molecular complexity index is 984. The summed E-state index contributed by atoms with van der Waals surface area (Å²) in [6.45, 7) is 3.63. The number of aromatic amines is 1. The van der Waals surface area contributed by atoms with Crippen molar-refractivity contribution in [1.29, 1.82) is 0 Å². The molecule has 144 valence electrons. The average Bonchev–Trinajstić information content (AvgIpc) is 3.12. The highest BCUT2D eigenvalue weighted by atomic mass is 16.2. The number of nitrogens with one attached hydrogen (secondary N) is 2. The van der Waals surface area contributed by atoms with Crippen LogP contribution in [0.5, 0.6) is 0 Å². The minimum Gasteiger partial charge on any atom is -0.358 e. The number of carbonyl (C=O) groups excluding carboxylic acids is 1. The number of benzene rings is 2. The molecule has 5 rings (SSSR count). The lowest BCUT2D eigenvalue weighted by Gasteiger charge is -2.32. The minimum atomic E-state index is 0.179. The summed E-state index contributed by atoms with van der Waals surface area (Å²) < 4.78 is 0. The smallest absolute Gasteiger partial charge is 0.253 e. The number of likely N-dealkylation sites (tertiary alicyclic amines) is 1. The van der Waals surface area contributed by atoms with Crippen LogP contribution in [0.15, 0.2) is 48.5 Å². The Balaban J connectivity index is 1.28. The third kappa shape index (κ3) is 3.33. The zero-order chi connectivity index (χ0) is 18.9. The van der Waals surface area contributed by atoms with Gasteiger partial charge in [-0.1, -0.05) is 30.3 Å². The van der Waals surface area contributed by atoms with Crippen LogP contribution in [0.1, 0.15) is 40.0 Å². The first-order chi connectivity index (χ1) is 13.8. The molecule has 0 bridgehead atoms. The van der Waals surface area contributed by atoms with E-state index in [1.54, 1.807) is 0 Å². The highest BCUT2D eigenvalue weighted by Crippen LogP contribution is 2.27. The van der Waals surface area contributed by atoms with Gasteiger partial charge >= 0.3 is 0 Å². The summed E-state index contributed by atoms with van der Waals surface area (Å²) in [5, 5.41) is 4.64. The van der Waals surface area contributed by atoms with Crippen LogP contribution in [0.4, 0.5) is 0 Å². The summed E-state index contributed by atoms with van der Waals surface area (Å²) in [6.07, 6.45) is 4.33. The van der Waals surface area contributed by atoms with Gasteiger partial charge in [0, 0.05) is 54.8 Å². The van der Waals surface area contributed by atoms with Crippen LogP contribution in [-0.2, 0) is 19.4 Å². The fraction of sp³-hybridized carbons (Fsp3) is 0.375. The lowest BCUT2D eigenvalue weighted by atomic mass is 9.90. The monoisotopic (exact) mass is 373 g/mol. The van der Waals surface area contributed by atoms with Crippen LogP contribution in [0.3, 0.4) is 0 Å². The molecule has 0 unspecified atom stereocenters. The maximum absolute atomic E-state index is 13.1. The van der Waals surface area contributed by atoms with Crippen molar-refractivity contribution >= 4 is 16.8 Å². The number of fused-ring (bicyclic) bond motifs is 3. The number of piperidine rings is 1. The molecule has 0 atom stereocenters. The molecule has 3 heterocycles. The fourth-order valence-corrected chi connectivity index (χ4v) is 4.75. The van der Waals surface area contributed by atoms with Crippen molar-refractivity contribution in [2.75, 3.05) is 19.6 Å². The summed E-state index contributed by atoms with van der Waals surface area (Å²) in [7, 11) is 0. The summed E-state index contributed by atoms with van der Waals surface area (Å²) in [6, 6.07) is 16.9. The molecule has 2 aliphatic rings. The molecule has 28 heavy (non-hydrogen) atoms. The molecule has 0 saturated carbocycles. The molecule has 4 nitrogen and oxygen atoms in total. The van der Waals surface area contributed by atoms with Gasteiger partial charge in [0.15, 0.2) is 0 Å². The molecule has 2 aromatic carbocycles. The van der Waals surface area contributed by atoms with Gasteiger partial charge in [-0.25, -0.2) is 0 Å². The molecule has 0 spiro atoms. The number of nitrogens with zero attached hydrogens (tertiary/aromatic N) is 1. The first kappa shape index (κ1) is 17.5. The van der Waals surface area contributed by atoms with E-state index in [1.807, 2.05) is 11.0 Å². The van der Waals surface area contributed by atoms with Crippen molar-refractivity contribution in [3.8, 4) is 0 Å². The predicted molar refractivity (Wildman–Crippen MR) is 112 cm³/mol. The van der Waals surface area contributed by atoms with E-state index in [9.17, 15) is 4.79 Å². The van der Waals surface area contributed by atoms with Crippen molar-refractivity contribution in [3.63, 3.8) is 0 Å². The maximum atomic E-state index is 13.1. The molecule has 0 radical (unpaired) electrons. The molecule has 1 amide bonds. The average molecular weight is 374 g/mol. The number of amides is 1. The van der Waals surface area contributed by atoms with E-state index in [2.05, 4.69) is 52.8 Å². The van der Waals surface area contributed by atoms with Gasteiger partial charge in [-0.15, -0.1) is 0 Å². The summed E-state index contributed by atoms with van der Waals surface area (Å²) in [5.74, 6) is 0.857. The van der Waals surface area contributed by atoms with E-state index in [0.29, 0.717) is 5.92 Å². The van der Waals surface area contributed by atoms with Gasteiger partial charge in [0.1, 0.15) is 0 Å². The highest BCUT2D eigenvalue weighted by molar-refractivity contribution is 5.99. The van der Waals surface area contributed by atoms with Crippen LogP contribution >= 0.6 is 0 Å². The molecule has 2 aliphatic heterocycles. The normalized spacial score (nSPS) is 17.6. The standard InChI is InChI=1S/C24H27N3O/c28-24(27-12-9-18(10-13-27)14-17-4-2-1-3-5-17)19-6-7-22-20(15-19)21-16-25-11-8-23(21)26-22/h1-7,15,18,25-26H,8-14,16H2. The molecule has 4 heteroatoms. The predicted octanol–water partition coefficient (Wildman–Crippen LogP) is 3.91. The maximum Gasteiger partial charge on any atom is 0.253 e. The zero-order valence-electron chi connectivity index (χ0n) is 16.2. The molecular weight excluding hydrogens is 346 g/mol. The molecule has 0 aliphatic carbocycles. The Morgan fingerprint density at radius 1 is 1.07 bits per heavy atom. The first-order valence-electron chi connectivity index (χ1n) is 10.5. The topological polar surface area (TPSA) is 48.1 Å². The van der Waals surface area contributed by atoms with Crippen molar-refractivity contribution in [2.24, 2.45) is 5.92 Å². The molecule has 2 N–H and O–H groups in total. The van der Waals surface area contributed by atoms with Crippen molar-refractivity contribution < 1.29 is 4.79 Å². The van der Waals surface area contributed by atoms with Crippen LogP contribution in [0.2, 0.25) is 0 Å². The lowest BCUT2D eigenvalue weighted by molar-refractivity contribution is 0.0690. The molecular formula is C24H27N3O. The Labute approximate surface area is 165 Å². The first-order valence-corrected chi connectivity index (χ1v) is 10.5. The second-order valence-electron chi connectivity index (χ2n) is 8.19. The largest absolute Gasteiger partial charge is 0.358 e. The Kier molecular flexibility index (Phi) is 4.65. The van der Waals surface area contributed by atoms with Gasteiger partial charge in [0.25, 0.3) is 5.91 Å². The van der Waals surface area contributed by atoms with Gasteiger partial charge < -0.3 is 15.2 Å². The van der Waals surface area contributed by atoms with Crippen LogP contribution < -0.4 is 5.32 Å². The SMILES string of the molecule is O=C(c1ccc2[nH]c3c(c2c1)CNCC3)N1CCC(Cc2ccccc2)CC1. The van der Waals surface area contributed by atoms with Gasteiger partial charge in [-0.05, 0) is 54.5 Å². The van der Waals surface area contributed by atoms with Gasteiger partial charge in [0.05, 0.1) is 0 Å². The number of rotatable bonds is 3.